The van der Waals surface area contributed by atoms with E-state index < -0.39 is 41.0 Å². The molecular formula is C22H17F2NO3. The van der Waals surface area contributed by atoms with Gasteiger partial charge in [0.2, 0.25) is 0 Å². The first-order valence-corrected chi connectivity index (χ1v) is 8.56. The fraction of sp³-hybridized carbons (Fsp3) is 0.0909. The SMILES string of the molecule is O=C(N[C@H](C(=O)O)C(c1ccccc1)c1ccccc1)c1ccc(F)cc1F. The fourth-order valence-electron chi connectivity index (χ4n) is 3.08. The van der Waals surface area contributed by atoms with Crippen LogP contribution in [0.1, 0.15) is 27.4 Å². The molecule has 3 aromatic carbocycles. The second kappa shape index (κ2) is 8.43. The molecule has 1 amide bonds. The van der Waals surface area contributed by atoms with E-state index in [1.165, 1.54) is 0 Å². The van der Waals surface area contributed by atoms with E-state index in [-0.39, 0.29) is 0 Å². The van der Waals surface area contributed by atoms with Crippen molar-refractivity contribution >= 4 is 11.9 Å². The minimum atomic E-state index is -1.36. The summed E-state index contributed by atoms with van der Waals surface area (Å²) in [4.78, 5) is 24.5. The molecule has 0 heterocycles. The van der Waals surface area contributed by atoms with Gasteiger partial charge >= 0.3 is 5.97 Å². The van der Waals surface area contributed by atoms with Crippen molar-refractivity contribution in [3.05, 3.63) is 107 Å². The summed E-state index contributed by atoms with van der Waals surface area (Å²) in [6.45, 7) is 0. The van der Waals surface area contributed by atoms with Crippen LogP contribution in [0.5, 0.6) is 0 Å². The lowest BCUT2D eigenvalue weighted by Gasteiger charge is -2.26. The van der Waals surface area contributed by atoms with Gasteiger partial charge in [-0.1, -0.05) is 60.7 Å². The maximum atomic E-state index is 14.0. The molecule has 3 aromatic rings. The summed E-state index contributed by atoms with van der Waals surface area (Å²) in [5, 5.41) is 12.2. The number of hydrogen-bond donors (Lipinski definition) is 2. The minimum Gasteiger partial charge on any atom is -0.480 e. The topological polar surface area (TPSA) is 66.4 Å². The van der Waals surface area contributed by atoms with E-state index in [1.54, 1.807) is 60.7 Å². The molecule has 28 heavy (non-hydrogen) atoms. The van der Waals surface area contributed by atoms with Crippen LogP contribution in [-0.4, -0.2) is 23.0 Å². The van der Waals surface area contributed by atoms with Crippen LogP contribution in [0.4, 0.5) is 8.78 Å². The summed E-state index contributed by atoms with van der Waals surface area (Å²) in [5.41, 5.74) is 0.939. The zero-order chi connectivity index (χ0) is 20.1. The van der Waals surface area contributed by atoms with E-state index in [1.807, 2.05) is 0 Å². The molecule has 1 atom stereocenters. The van der Waals surface area contributed by atoms with Crippen molar-refractivity contribution in [2.24, 2.45) is 0 Å². The maximum absolute atomic E-state index is 14.0. The normalized spacial score (nSPS) is 11.8. The summed E-state index contributed by atoms with van der Waals surface area (Å²) >= 11 is 0. The van der Waals surface area contributed by atoms with Crippen molar-refractivity contribution in [1.82, 2.24) is 5.32 Å². The Hall–Kier alpha value is -3.54. The highest BCUT2D eigenvalue weighted by Crippen LogP contribution is 2.28. The van der Waals surface area contributed by atoms with Crippen molar-refractivity contribution in [1.29, 1.82) is 0 Å². The molecule has 2 N–H and O–H groups in total. The molecule has 0 aromatic heterocycles. The number of aliphatic carboxylic acids is 1. The van der Waals surface area contributed by atoms with Crippen molar-refractivity contribution in [2.45, 2.75) is 12.0 Å². The molecule has 0 spiro atoms. The molecule has 0 radical (unpaired) electrons. The lowest BCUT2D eigenvalue weighted by Crippen LogP contribution is -2.45. The Morgan fingerprint density at radius 2 is 1.36 bits per heavy atom. The van der Waals surface area contributed by atoms with Gasteiger partial charge in [0.1, 0.15) is 17.7 Å². The Kier molecular flexibility index (Phi) is 5.79. The maximum Gasteiger partial charge on any atom is 0.327 e. The zero-order valence-corrected chi connectivity index (χ0v) is 14.7. The van der Waals surface area contributed by atoms with E-state index in [0.717, 1.165) is 12.1 Å². The van der Waals surface area contributed by atoms with Crippen LogP contribution in [-0.2, 0) is 4.79 Å². The number of amides is 1. The standard InChI is InChI=1S/C22H17F2NO3/c23-16-11-12-17(18(24)13-16)21(26)25-20(22(27)28)19(14-7-3-1-4-8-14)15-9-5-2-6-10-15/h1-13,19-20H,(H,25,26)(H,27,28)/t20-/m0/s1. The smallest absolute Gasteiger partial charge is 0.327 e. The van der Waals surface area contributed by atoms with E-state index >= 15 is 0 Å². The number of benzene rings is 3. The van der Waals surface area contributed by atoms with Gasteiger partial charge in [-0.05, 0) is 23.3 Å². The van der Waals surface area contributed by atoms with E-state index in [2.05, 4.69) is 5.32 Å². The van der Waals surface area contributed by atoms with Crippen molar-refractivity contribution in [3.63, 3.8) is 0 Å². The molecule has 0 saturated carbocycles. The Bertz CT molecular complexity index is 938. The van der Waals surface area contributed by atoms with E-state index in [9.17, 15) is 23.5 Å². The first-order valence-electron chi connectivity index (χ1n) is 8.56. The predicted molar refractivity (Wildman–Crippen MR) is 100.0 cm³/mol. The lowest BCUT2D eigenvalue weighted by atomic mass is 9.85. The van der Waals surface area contributed by atoms with Gasteiger partial charge in [-0.25, -0.2) is 13.6 Å². The van der Waals surface area contributed by atoms with Crippen LogP contribution < -0.4 is 5.32 Å². The van der Waals surface area contributed by atoms with Crippen molar-refractivity contribution in [2.75, 3.05) is 0 Å². The highest BCUT2D eigenvalue weighted by atomic mass is 19.1. The largest absolute Gasteiger partial charge is 0.480 e. The Labute approximate surface area is 160 Å². The second-order valence-electron chi connectivity index (χ2n) is 6.21. The highest BCUT2D eigenvalue weighted by molar-refractivity contribution is 5.97. The fourth-order valence-corrected chi connectivity index (χ4v) is 3.08. The van der Waals surface area contributed by atoms with E-state index in [4.69, 9.17) is 0 Å². The Morgan fingerprint density at radius 3 is 1.82 bits per heavy atom. The third-order valence-electron chi connectivity index (χ3n) is 4.38. The number of halogens is 2. The van der Waals surface area contributed by atoms with Gasteiger partial charge in [0.05, 0.1) is 5.56 Å². The van der Waals surface area contributed by atoms with Crippen LogP contribution in [0.15, 0.2) is 78.9 Å². The summed E-state index contributed by atoms with van der Waals surface area (Å²) in [7, 11) is 0. The minimum absolute atomic E-state index is 0.424. The molecule has 0 aliphatic heterocycles. The highest BCUT2D eigenvalue weighted by Gasteiger charge is 2.33. The summed E-state index contributed by atoms with van der Waals surface area (Å²) in [5.74, 6) is -4.78. The predicted octanol–water partition coefficient (Wildman–Crippen LogP) is 3.98. The molecule has 0 unspecified atom stereocenters. The summed E-state index contributed by atoms with van der Waals surface area (Å²) in [6.07, 6.45) is 0. The number of carboxylic acid groups (broad SMARTS) is 1. The Morgan fingerprint density at radius 1 is 0.821 bits per heavy atom. The Balaban J connectivity index is 2.00. The van der Waals surface area contributed by atoms with Gasteiger partial charge in [0, 0.05) is 12.0 Å². The van der Waals surface area contributed by atoms with Crippen LogP contribution in [0.2, 0.25) is 0 Å². The first kappa shape index (κ1) is 19.2. The van der Waals surface area contributed by atoms with Crippen molar-refractivity contribution < 1.29 is 23.5 Å². The zero-order valence-electron chi connectivity index (χ0n) is 14.7. The molecule has 0 bridgehead atoms. The third kappa shape index (κ3) is 4.23. The average Bonchev–Trinajstić information content (AvgIpc) is 2.69. The molecule has 0 aliphatic carbocycles. The number of rotatable bonds is 6. The quantitative estimate of drug-likeness (QED) is 0.679. The van der Waals surface area contributed by atoms with Crippen LogP contribution in [0.25, 0.3) is 0 Å². The molecule has 4 nitrogen and oxygen atoms in total. The van der Waals surface area contributed by atoms with Gasteiger partial charge in [-0.15, -0.1) is 0 Å². The number of carboxylic acids is 1. The first-order chi connectivity index (χ1) is 13.5. The number of hydrogen-bond acceptors (Lipinski definition) is 2. The molecule has 6 heteroatoms. The molecule has 0 aliphatic rings. The third-order valence-corrected chi connectivity index (χ3v) is 4.38. The number of nitrogens with one attached hydrogen (secondary N) is 1. The van der Waals surface area contributed by atoms with E-state index in [0.29, 0.717) is 17.2 Å². The van der Waals surface area contributed by atoms with Gasteiger partial charge < -0.3 is 10.4 Å². The molecule has 0 saturated heterocycles. The van der Waals surface area contributed by atoms with Crippen molar-refractivity contribution in [3.8, 4) is 0 Å². The van der Waals surface area contributed by atoms with Gasteiger partial charge in [0.25, 0.3) is 5.91 Å². The molecule has 3 rings (SSSR count). The van der Waals surface area contributed by atoms with Crippen LogP contribution >= 0.6 is 0 Å². The van der Waals surface area contributed by atoms with Gasteiger partial charge in [-0.3, -0.25) is 4.79 Å². The van der Waals surface area contributed by atoms with Gasteiger partial charge in [0.15, 0.2) is 0 Å². The molecule has 0 fully saturated rings. The number of carbonyl (C=O) groups is 2. The van der Waals surface area contributed by atoms with Crippen LogP contribution in [0, 0.1) is 11.6 Å². The second-order valence-corrected chi connectivity index (χ2v) is 6.21. The van der Waals surface area contributed by atoms with Crippen LogP contribution in [0.3, 0.4) is 0 Å². The monoisotopic (exact) mass is 381 g/mol. The summed E-state index contributed by atoms with van der Waals surface area (Å²) in [6, 6.07) is 18.9. The molecular weight excluding hydrogens is 364 g/mol. The molecule has 142 valence electrons. The average molecular weight is 381 g/mol. The number of carbonyl (C=O) groups excluding carboxylic acids is 1. The van der Waals surface area contributed by atoms with Gasteiger partial charge in [-0.2, -0.15) is 0 Å². The summed E-state index contributed by atoms with van der Waals surface area (Å²) < 4.78 is 27.1. The lowest BCUT2D eigenvalue weighted by molar-refractivity contribution is -0.139.